The van der Waals surface area contributed by atoms with E-state index in [4.69, 9.17) is 10.2 Å². The van der Waals surface area contributed by atoms with E-state index in [1.807, 2.05) is 0 Å². The SMILES string of the molecule is CC(C)(SCc1ccccc1C(=O)O)C(=O)O. The van der Waals surface area contributed by atoms with Gasteiger partial charge in [0, 0.05) is 5.75 Å². The van der Waals surface area contributed by atoms with Gasteiger partial charge in [0.2, 0.25) is 0 Å². The van der Waals surface area contributed by atoms with Gasteiger partial charge in [-0.2, -0.15) is 0 Å². The second-order valence-electron chi connectivity index (χ2n) is 4.07. The topological polar surface area (TPSA) is 74.6 Å². The number of thioether (sulfide) groups is 1. The normalized spacial score (nSPS) is 11.2. The van der Waals surface area contributed by atoms with Crippen LogP contribution < -0.4 is 0 Å². The van der Waals surface area contributed by atoms with E-state index in [-0.39, 0.29) is 5.56 Å². The van der Waals surface area contributed by atoms with E-state index in [1.165, 1.54) is 17.8 Å². The van der Waals surface area contributed by atoms with Crippen LogP contribution in [0.5, 0.6) is 0 Å². The van der Waals surface area contributed by atoms with Crippen LogP contribution >= 0.6 is 11.8 Å². The first kappa shape index (κ1) is 13.6. The lowest BCUT2D eigenvalue weighted by molar-refractivity contribution is -0.138. The van der Waals surface area contributed by atoms with Crippen LogP contribution in [0.4, 0.5) is 0 Å². The van der Waals surface area contributed by atoms with Crippen molar-refractivity contribution in [1.82, 2.24) is 0 Å². The minimum absolute atomic E-state index is 0.223. The first-order valence-corrected chi connectivity index (χ1v) is 6.01. The van der Waals surface area contributed by atoms with E-state index in [9.17, 15) is 9.59 Å². The average molecular weight is 254 g/mol. The molecule has 0 fully saturated rings. The molecule has 0 aromatic heterocycles. The Morgan fingerprint density at radius 2 is 1.82 bits per heavy atom. The Bertz CT molecular complexity index is 440. The van der Waals surface area contributed by atoms with Crippen LogP contribution in [-0.4, -0.2) is 26.9 Å². The molecule has 0 saturated heterocycles. The molecule has 0 aliphatic rings. The van der Waals surface area contributed by atoms with Gasteiger partial charge in [0.15, 0.2) is 0 Å². The Morgan fingerprint density at radius 1 is 1.24 bits per heavy atom. The fraction of sp³-hybridized carbons (Fsp3) is 0.333. The van der Waals surface area contributed by atoms with Crippen LogP contribution in [0.2, 0.25) is 0 Å². The quantitative estimate of drug-likeness (QED) is 0.844. The molecule has 0 unspecified atom stereocenters. The van der Waals surface area contributed by atoms with Crippen molar-refractivity contribution in [2.75, 3.05) is 0 Å². The second-order valence-corrected chi connectivity index (χ2v) is 5.66. The molecular weight excluding hydrogens is 240 g/mol. The van der Waals surface area contributed by atoms with Crippen molar-refractivity contribution < 1.29 is 19.8 Å². The number of aromatic carboxylic acids is 1. The van der Waals surface area contributed by atoms with Crippen LogP contribution in [0.25, 0.3) is 0 Å². The highest BCUT2D eigenvalue weighted by atomic mass is 32.2. The van der Waals surface area contributed by atoms with Crippen molar-refractivity contribution in [3.8, 4) is 0 Å². The van der Waals surface area contributed by atoms with Gasteiger partial charge in [-0.1, -0.05) is 18.2 Å². The molecule has 0 aliphatic carbocycles. The predicted octanol–water partition coefficient (Wildman–Crippen LogP) is 2.48. The van der Waals surface area contributed by atoms with Crippen molar-refractivity contribution >= 4 is 23.7 Å². The zero-order chi connectivity index (χ0) is 13.1. The summed E-state index contributed by atoms with van der Waals surface area (Å²) in [5, 5.41) is 17.9. The zero-order valence-corrected chi connectivity index (χ0v) is 10.5. The highest BCUT2D eigenvalue weighted by Crippen LogP contribution is 2.29. The molecule has 0 atom stereocenters. The van der Waals surface area contributed by atoms with E-state index >= 15 is 0 Å². The molecule has 0 heterocycles. The number of carboxylic acid groups (broad SMARTS) is 2. The van der Waals surface area contributed by atoms with E-state index in [0.717, 1.165) is 0 Å². The summed E-state index contributed by atoms with van der Waals surface area (Å²) < 4.78 is -0.925. The Hall–Kier alpha value is -1.49. The lowest BCUT2D eigenvalue weighted by atomic mass is 10.1. The Kier molecular flexibility index (Phi) is 4.17. The van der Waals surface area contributed by atoms with Gasteiger partial charge >= 0.3 is 11.9 Å². The number of rotatable bonds is 5. The summed E-state index contributed by atoms with van der Waals surface area (Å²) in [7, 11) is 0. The van der Waals surface area contributed by atoms with Crippen molar-refractivity contribution in [3.05, 3.63) is 35.4 Å². The third-order valence-corrected chi connectivity index (χ3v) is 3.70. The molecule has 0 aliphatic heterocycles. The van der Waals surface area contributed by atoms with Crippen LogP contribution in [0.1, 0.15) is 29.8 Å². The van der Waals surface area contributed by atoms with Gasteiger partial charge in [0.1, 0.15) is 4.75 Å². The molecule has 0 radical (unpaired) electrons. The van der Waals surface area contributed by atoms with Crippen molar-refractivity contribution in [1.29, 1.82) is 0 Å². The van der Waals surface area contributed by atoms with E-state index in [0.29, 0.717) is 11.3 Å². The number of benzene rings is 1. The maximum absolute atomic E-state index is 11.0. The standard InChI is InChI=1S/C12H14O4S/c1-12(2,11(15)16)17-7-8-5-3-4-6-9(8)10(13)14/h3-6H,7H2,1-2H3,(H,13,14)(H,15,16). The molecule has 1 aromatic carbocycles. The van der Waals surface area contributed by atoms with Gasteiger partial charge in [-0.25, -0.2) is 4.79 Å². The minimum atomic E-state index is -0.991. The molecule has 4 nitrogen and oxygen atoms in total. The summed E-state index contributed by atoms with van der Waals surface area (Å²) >= 11 is 1.21. The van der Waals surface area contributed by atoms with Gasteiger partial charge in [-0.05, 0) is 25.5 Å². The Labute approximate surface area is 104 Å². The minimum Gasteiger partial charge on any atom is -0.480 e. The molecule has 1 aromatic rings. The number of hydrogen-bond donors (Lipinski definition) is 2. The Balaban J connectivity index is 2.83. The molecule has 0 amide bonds. The maximum Gasteiger partial charge on any atom is 0.335 e. The molecule has 2 N–H and O–H groups in total. The molecule has 1 rings (SSSR count). The van der Waals surface area contributed by atoms with Crippen LogP contribution in [-0.2, 0) is 10.5 Å². The van der Waals surface area contributed by atoms with E-state index < -0.39 is 16.7 Å². The summed E-state index contributed by atoms with van der Waals surface area (Å²) in [6, 6.07) is 6.62. The first-order valence-electron chi connectivity index (χ1n) is 5.03. The fourth-order valence-corrected chi connectivity index (χ4v) is 2.07. The maximum atomic E-state index is 11.0. The summed E-state index contributed by atoms with van der Waals surface area (Å²) in [5.74, 6) is -1.54. The third kappa shape index (κ3) is 3.49. The largest absolute Gasteiger partial charge is 0.480 e. The Morgan fingerprint density at radius 3 is 2.35 bits per heavy atom. The van der Waals surface area contributed by atoms with Gasteiger partial charge in [0.25, 0.3) is 0 Å². The lowest BCUT2D eigenvalue weighted by Crippen LogP contribution is -2.27. The predicted molar refractivity (Wildman–Crippen MR) is 66.4 cm³/mol. The van der Waals surface area contributed by atoms with Crippen molar-refractivity contribution in [2.24, 2.45) is 0 Å². The van der Waals surface area contributed by atoms with Gasteiger partial charge in [-0.15, -0.1) is 11.8 Å². The van der Waals surface area contributed by atoms with Crippen LogP contribution in [0, 0.1) is 0 Å². The van der Waals surface area contributed by atoms with E-state index in [2.05, 4.69) is 0 Å². The monoisotopic (exact) mass is 254 g/mol. The summed E-state index contributed by atoms with van der Waals surface area (Å²) in [5.41, 5.74) is 0.862. The van der Waals surface area contributed by atoms with Gasteiger partial charge in [-0.3, -0.25) is 4.79 Å². The third-order valence-electron chi connectivity index (χ3n) is 2.35. The molecular formula is C12H14O4S. The highest BCUT2D eigenvalue weighted by molar-refractivity contribution is 8.00. The molecule has 17 heavy (non-hydrogen) atoms. The van der Waals surface area contributed by atoms with Crippen LogP contribution in [0.15, 0.2) is 24.3 Å². The number of carboxylic acids is 2. The smallest absolute Gasteiger partial charge is 0.335 e. The zero-order valence-electron chi connectivity index (χ0n) is 9.64. The molecule has 5 heteroatoms. The van der Waals surface area contributed by atoms with Crippen LogP contribution in [0.3, 0.4) is 0 Å². The molecule has 0 spiro atoms. The number of carbonyl (C=O) groups is 2. The summed E-state index contributed by atoms with van der Waals surface area (Å²) in [4.78, 5) is 21.9. The highest BCUT2D eigenvalue weighted by Gasteiger charge is 2.28. The van der Waals surface area contributed by atoms with Gasteiger partial charge < -0.3 is 10.2 Å². The summed E-state index contributed by atoms with van der Waals surface area (Å²) in [6.07, 6.45) is 0. The van der Waals surface area contributed by atoms with Crippen molar-refractivity contribution in [3.63, 3.8) is 0 Å². The average Bonchev–Trinajstić information content (AvgIpc) is 2.26. The number of aliphatic carboxylic acids is 1. The second kappa shape index (κ2) is 5.23. The van der Waals surface area contributed by atoms with E-state index in [1.54, 1.807) is 32.0 Å². The number of hydrogen-bond acceptors (Lipinski definition) is 3. The molecule has 92 valence electrons. The first-order chi connectivity index (χ1) is 7.84. The summed E-state index contributed by atoms with van der Waals surface area (Å²) in [6.45, 7) is 3.20. The fourth-order valence-electron chi connectivity index (χ4n) is 1.17. The lowest BCUT2D eigenvalue weighted by Gasteiger charge is -2.18. The molecule has 0 saturated carbocycles. The van der Waals surface area contributed by atoms with Crippen molar-refractivity contribution in [2.45, 2.75) is 24.3 Å². The molecule has 0 bridgehead atoms. The van der Waals surface area contributed by atoms with Gasteiger partial charge in [0.05, 0.1) is 5.56 Å².